The molecule has 3 aromatic rings. The lowest BCUT2D eigenvalue weighted by atomic mass is 10.1. The fraction of sp³-hybridized carbons (Fsp3) is 0.167. The Bertz CT molecular complexity index is 1380. The topological polar surface area (TPSA) is 97.3 Å². The summed E-state index contributed by atoms with van der Waals surface area (Å²) < 4.78 is 38.8. The number of amides is 1. The Morgan fingerprint density at radius 3 is 2.43 bits per heavy atom. The minimum Gasteiger partial charge on any atom is -0.486 e. The smallest absolute Gasteiger partial charge is 0.264 e. The molecular formula is C24H21Cl2N3O5S. The number of ether oxygens (including phenoxy) is 2. The maximum absolute atomic E-state index is 13.4. The van der Waals surface area contributed by atoms with E-state index in [0.717, 1.165) is 4.31 Å². The average Bonchev–Trinajstić information content (AvgIpc) is 2.86. The average molecular weight is 534 g/mol. The highest BCUT2D eigenvalue weighted by molar-refractivity contribution is 7.92. The number of sulfonamides is 1. The molecule has 1 aliphatic heterocycles. The van der Waals surface area contributed by atoms with Crippen molar-refractivity contribution in [2.45, 2.75) is 11.8 Å². The van der Waals surface area contributed by atoms with Gasteiger partial charge >= 0.3 is 0 Å². The standard InChI is InChI=1S/C24H21Cl2N3O5S/c1-16(17-7-10-22-23(13-17)34-12-11-33-22)27-28-24(30)15-29(21-9-8-18(25)14-20(21)26)35(31,32)19-5-3-2-4-6-19/h2-10,13-14H,11-12,15H2,1H3,(H,28,30)/b27-16-. The van der Waals surface area contributed by atoms with Gasteiger partial charge in [-0.2, -0.15) is 5.10 Å². The van der Waals surface area contributed by atoms with Crippen LogP contribution in [0.4, 0.5) is 5.69 Å². The fourth-order valence-corrected chi connectivity index (χ4v) is 5.37. The molecule has 0 atom stereocenters. The van der Waals surface area contributed by atoms with Crippen LogP contribution < -0.4 is 19.2 Å². The molecule has 8 nitrogen and oxygen atoms in total. The van der Waals surface area contributed by atoms with Gasteiger partial charge in [-0.05, 0) is 55.5 Å². The van der Waals surface area contributed by atoms with Gasteiger partial charge < -0.3 is 9.47 Å². The van der Waals surface area contributed by atoms with Gasteiger partial charge in [-0.25, -0.2) is 13.8 Å². The third-order valence-corrected chi connectivity index (χ3v) is 7.42. The van der Waals surface area contributed by atoms with Gasteiger partial charge in [-0.1, -0.05) is 41.4 Å². The van der Waals surface area contributed by atoms with Crippen molar-refractivity contribution < 1.29 is 22.7 Å². The molecule has 1 aliphatic rings. The molecule has 0 fully saturated rings. The zero-order valence-corrected chi connectivity index (χ0v) is 20.9. The number of carbonyl (C=O) groups excluding carboxylic acids is 1. The van der Waals surface area contributed by atoms with E-state index in [-0.39, 0.29) is 15.6 Å². The number of hydrogen-bond donors (Lipinski definition) is 1. The number of benzene rings is 3. The number of nitrogens with one attached hydrogen (secondary N) is 1. The first kappa shape index (κ1) is 24.8. The number of anilines is 1. The van der Waals surface area contributed by atoms with Crippen LogP contribution >= 0.6 is 23.2 Å². The molecule has 4 rings (SSSR count). The highest BCUT2D eigenvalue weighted by Crippen LogP contribution is 2.33. The normalized spacial score (nSPS) is 13.3. The summed E-state index contributed by atoms with van der Waals surface area (Å²) in [6.45, 7) is 2.08. The Morgan fingerprint density at radius 1 is 1.00 bits per heavy atom. The Hall–Kier alpha value is -3.27. The first-order chi connectivity index (χ1) is 16.8. The number of hydrazone groups is 1. The molecule has 0 saturated heterocycles. The molecule has 0 saturated carbocycles. The lowest BCUT2D eigenvalue weighted by Gasteiger charge is -2.24. The van der Waals surface area contributed by atoms with Crippen LogP contribution in [0.1, 0.15) is 12.5 Å². The Morgan fingerprint density at radius 2 is 1.71 bits per heavy atom. The van der Waals surface area contributed by atoms with E-state index in [1.165, 1.54) is 30.3 Å². The summed E-state index contributed by atoms with van der Waals surface area (Å²) in [4.78, 5) is 12.8. The summed E-state index contributed by atoms with van der Waals surface area (Å²) >= 11 is 12.3. The van der Waals surface area contributed by atoms with Crippen molar-refractivity contribution >= 4 is 50.5 Å². The number of halogens is 2. The predicted octanol–water partition coefficient (Wildman–Crippen LogP) is 4.50. The summed E-state index contributed by atoms with van der Waals surface area (Å²) in [6, 6.07) is 17.4. The van der Waals surface area contributed by atoms with E-state index >= 15 is 0 Å². The monoisotopic (exact) mass is 533 g/mol. The van der Waals surface area contributed by atoms with Crippen molar-refractivity contribution in [3.8, 4) is 11.5 Å². The van der Waals surface area contributed by atoms with Crippen molar-refractivity contribution in [3.05, 3.63) is 82.3 Å². The Balaban J connectivity index is 1.58. The maximum Gasteiger partial charge on any atom is 0.264 e. The minimum atomic E-state index is -4.12. The predicted molar refractivity (Wildman–Crippen MR) is 135 cm³/mol. The van der Waals surface area contributed by atoms with Crippen LogP contribution in [0.25, 0.3) is 0 Å². The SMILES string of the molecule is C/C(=N/NC(=O)CN(c1ccc(Cl)cc1Cl)S(=O)(=O)c1ccccc1)c1ccc2c(c1)OCCO2. The van der Waals surface area contributed by atoms with E-state index in [2.05, 4.69) is 10.5 Å². The van der Waals surface area contributed by atoms with Gasteiger partial charge in [0.15, 0.2) is 11.5 Å². The second-order valence-electron chi connectivity index (χ2n) is 7.51. The highest BCUT2D eigenvalue weighted by Gasteiger charge is 2.28. The van der Waals surface area contributed by atoms with Crippen LogP contribution in [-0.4, -0.2) is 39.8 Å². The van der Waals surface area contributed by atoms with E-state index in [1.807, 2.05) is 0 Å². The number of nitrogens with zero attached hydrogens (tertiary/aromatic N) is 2. The molecule has 35 heavy (non-hydrogen) atoms. The molecule has 1 heterocycles. The molecular weight excluding hydrogens is 513 g/mol. The van der Waals surface area contributed by atoms with Gasteiger partial charge in [-0.3, -0.25) is 9.10 Å². The van der Waals surface area contributed by atoms with Crippen LogP contribution in [0, 0.1) is 0 Å². The summed E-state index contributed by atoms with van der Waals surface area (Å²) in [5.74, 6) is 0.568. The number of fused-ring (bicyclic) bond motifs is 1. The molecule has 1 amide bonds. The zero-order chi connectivity index (χ0) is 25.0. The number of hydrogen-bond acceptors (Lipinski definition) is 6. The molecule has 0 spiro atoms. The molecule has 1 N–H and O–H groups in total. The zero-order valence-electron chi connectivity index (χ0n) is 18.6. The molecule has 0 radical (unpaired) electrons. The van der Waals surface area contributed by atoms with Crippen LogP contribution in [0.3, 0.4) is 0 Å². The van der Waals surface area contributed by atoms with Gasteiger partial charge in [0.1, 0.15) is 19.8 Å². The summed E-state index contributed by atoms with van der Waals surface area (Å²) in [5, 5.41) is 4.54. The summed E-state index contributed by atoms with van der Waals surface area (Å²) in [7, 11) is -4.12. The van der Waals surface area contributed by atoms with Crippen LogP contribution in [0.5, 0.6) is 11.5 Å². The first-order valence-corrected chi connectivity index (χ1v) is 12.7. The molecule has 0 unspecified atom stereocenters. The lowest BCUT2D eigenvalue weighted by Crippen LogP contribution is -2.40. The second kappa shape index (κ2) is 10.6. The molecule has 3 aromatic carbocycles. The lowest BCUT2D eigenvalue weighted by molar-refractivity contribution is -0.119. The van der Waals surface area contributed by atoms with Crippen LogP contribution in [0.2, 0.25) is 10.0 Å². The van der Waals surface area contributed by atoms with Crippen molar-refractivity contribution in [1.29, 1.82) is 0 Å². The summed E-state index contributed by atoms with van der Waals surface area (Å²) in [6.07, 6.45) is 0. The van der Waals surface area contributed by atoms with E-state index in [4.69, 9.17) is 32.7 Å². The van der Waals surface area contributed by atoms with Gasteiger partial charge in [0.05, 0.1) is 21.3 Å². The first-order valence-electron chi connectivity index (χ1n) is 10.5. The third kappa shape index (κ3) is 5.70. The van der Waals surface area contributed by atoms with E-state index < -0.39 is 22.5 Å². The maximum atomic E-state index is 13.4. The van der Waals surface area contributed by atoms with Gasteiger partial charge in [0.25, 0.3) is 15.9 Å². The van der Waals surface area contributed by atoms with Crippen molar-refractivity contribution in [2.24, 2.45) is 5.10 Å². The second-order valence-corrected chi connectivity index (χ2v) is 10.2. The van der Waals surface area contributed by atoms with Crippen molar-refractivity contribution in [1.82, 2.24) is 5.43 Å². The molecule has 0 aromatic heterocycles. The fourth-order valence-electron chi connectivity index (χ4n) is 3.35. The summed E-state index contributed by atoms with van der Waals surface area (Å²) in [5.41, 5.74) is 3.74. The minimum absolute atomic E-state index is 0.00905. The van der Waals surface area contributed by atoms with Gasteiger partial charge in [-0.15, -0.1) is 0 Å². The Labute approximate surface area is 213 Å². The molecule has 0 aliphatic carbocycles. The van der Waals surface area contributed by atoms with E-state index in [1.54, 1.807) is 43.3 Å². The van der Waals surface area contributed by atoms with Crippen LogP contribution in [-0.2, 0) is 14.8 Å². The molecule has 0 bridgehead atoms. The highest BCUT2D eigenvalue weighted by atomic mass is 35.5. The molecule has 182 valence electrons. The van der Waals surface area contributed by atoms with E-state index in [9.17, 15) is 13.2 Å². The van der Waals surface area contributed by atoms with E-state index in [0.29, 0.717) is 41.0 Å². The van der Waals surface area contributed by atoms with Gasteiger partial charge in [0, 0.05) is 10.6 Å². The van der Waals surface area contributed by atoms with Gasteiger partial charge in [0.2, 0.25) is 0 Å². The number of carbonyl (C=O) groups is 1. The molecule has 11 heteroatoms. The third-order valence-electron chi connectivity index (χ3n) is 5.11. The van der Waals surface area contributed by atoms with Crippen molar-refractivity contribution in [3.63, 3.8) is 0 Å². The number of rotatable bonds is 7. The largest absolute Gasteiger partial charge is 0.486 e. The quantitative estimate of drug-likeness (QED) is 0.356. The van der Waals surface area contributed by atoms with Crippen LogP contribution in [0.15, 0.2) is 76.7 Å². The Kier molecular flexibility index (Phi) is 7.49. The van der Waals surface area contributed by atoms with Crippen molar-refractivity contribution in [2.75, 3.05) is 24.1 Å².